The Kier molecular flexibility index (Phi) is 3.53. The van der Waals surface area contributed by atoms with Crippen molar-refractivity contribution in [3.05, 3.63) is 54.1 Å². The number of nitrogens with two attached hydrogens (primary N) is 1. The highest BCUT2D eigenvalue weighted by molar-refractivity contribution is 8.13. The van der Waals surface area contributed by atoms with Crippen molar-refractivity contribution in [1.29, 1.82) is 0 Å². The summed E-state index contributed by atoms with van der Waals surface area (Å²) in [7, 11) is 0. The van der Waals surface area contributed by atoms with Gasteiger partial charge >= 0.3 is 0 Å². The Morgan fingerprint density at radius 2 is 2.00 bits per heavy atom. The maximum absolute atomic E-state index is 5.83. The number of amidine groups is 1. The van der Waals surface area contributed by atoms with Gasteiger partial charge in [0.15, 0.2) is 5.17 Å². The molecule has 0 aromatic heterocycles. The molecule has 102 valence electrons. The lowest BCUT2D eigenvalue weighted by atomic mass is 9.97. The molecule has 0 fully saturated rings. The van der Waals surface area contributed by atoms with Crippen LogP contribution in [0.1, 0.15) is 18.9 Å². The molecule has 0 amide bonds. The van der Waals surface area contributed by atoms with Crippen LogP contribution in [0.4, 0.5) is 0 Å². The lowest BCUT2D eigenvalue weighted by molar-refractivity contribution is 0.572. The number of benzene rings is 2. The van der Waals surface area contributed by atoms with E-state index in [-0.39, 0.29) is 5.54 Å². The number of thioether (sulfide) groups is 1. The second-order valence-electron chi connectivity index (χ2n) is 5.35. The lowest BCUT2D eigenvalue weighted by Gasteiger charge is -2.25. The fraction of sp³-hybridized carbons (Fsp3) is 0.235. The predicted molar refractivity (Wildman–Crippen MR) is 90.1 cm³/mol. The maximum Gasteiger partial charge on any atom is 0.154 e. The lowest BCUT2D eigenvalue weighted by Crippen LogP contribution is -2.28. The van der Waals surface area contributed by atoms with Crippen molar-refractivity contribution >= 4 is 33.8 Å². The molecular weight excluding hydrogens is 264 g/mol. The summed E-state index contributed by atoms with van der Waals surface area (Å²) < 4.78 is 0. The van der Waals surface area contributed by atoms with Gasteiger partial charge in [-0.3, -0.25) is 4.99 Å². The highest BCUT2D eigenvalue weighted by atomic mass is 32.2. The van der Waals surface area contributed by atoms with Gasteiger partial charge in [0.25, 0.3) is 0 Å². The van der Waals surface area contributed by atoms with E-state index in [0.29, 0.717) is 5.17 Å². The summed E-state index contributed by atoms with van der Waals surface area (Å²) in [5.41, 5.74) is 6.87. The predicted octanol–water partition coefficient (Wildman–Crippen LogP) is 4.06. The first-order valence-electron chi connectivity index (χ1n) is 6.81. The van der Waals surface area contributed by atoms with Gasteiger partial charge in [0.05, 0.1) is 5.54 Å². The SMILES string of the molecule is CC1(/C=C/c2ccc3ccccc3c2)CCSC(N)=N1. The van der Waals surface area contributed by atoms with Crippen LogP contribution in [0.3, 0.4) is 0 Å². The summed E-state index contributed by atoms with van der Waals surface area (Å²) in [6.07, 6.45) is 5.35. The van der Waals surface area contributed by atoms with Crippen molar-refractivity contribution in [3.63, 3.8) is 0 Å². The minimum Gasteiger partial charge on any atom is -0.379 e. The zero-order chi connectivity index (χ0) is 14.0. The smallest absolute Gasteiger partial charge is 0.154 e. The summed E-state index contributed by atoms with van der Waals surface area (Å²) >= 11 is 1.64. The van der Waals surface area contributed by atoms with Gasteiger partial charge in [0, 0.05) is 5.75 Å². The van der Waals surface area contributed by atoms with E-state index in [1.54, 1.807) is 11.8 Å². The number of hydrogen-bond acceptors (Lipinski definition) is 3. The molecule has 0 saturated heterocycles. The molecule has 0 saturated carbocycles. The minimum atomic E-state index is -0.166. The highest BCUT2D eigenvalue weighted by Gasteiger charge is 2.23. The summed E-state index contributed by atoms with van der Waals surface area (Å²) in [5, 5.41) is 3.23. The van der Waals surface area contributed by atoms with Crippen LogP contribution in [0, 0.1) is 0 Å². The van der Waals surface area contributed by atoms with Crippen LogP contribution >= 0.6 is 11.8 Å². The first-order chi connectivity index (χ1) is 9.65. The Hall–Kier alpha value is -1.74. The average molecular weight is 282 g/mol. The number of fused-ring (bicyclic) bond motifs is 1. The molecule has 2 aromatic carbocycles. The van der Waals surface area contributed by atoms with Crippen molar-refractivity contribution < 1.29 is 0 Å². The van der Waals surface area contributed by atoms with Crippen molar-refractivity contribution in [1.82, 2.24) is 0 Å². The summed E-state index contributed by atoms with van der Waals surface area (Å²) in [4.78, 5) is 4.56. The zero-order valence-corrected chi connectivity index (χ0v) is 12.4. The van der Waals surface area contributed by atoms with Crippen molar-refractivity contribution in [2.24, 2.45) is 10.7 Å². The van der Waals surface area contributed by atoms with Gasteiger partial charge in [0.1, 0.15) is 0 Å². The molecule has 0 radical (unpaired) electrons. The van der Waals surface area contributed by atoms with Crippen LogP contribution < -0.4 is 5.73 Å². The molecule has 20 heavy (non-hydrogen) atoms. The van der Waals surface area contributed by atoms with Crippen molar-refractivity contribution in [3.8, 4) is 0 Å². The van der Waals surface area contributed by atoms with Gasteiger partial charge in [-0.2, -0.15) is 0 Å². The van der Waals surface area contributed by atoms with Gasteiger partial charge in [-0.25, -0.2) is 0 Å². The number of rotatable bonds is 2. The quantitative estimate of drug-likeness (QED) is 0.902. The summed E-state index contributed by atoms with van der Waals surface area (Å²) in [6.45, 7) is 2.14. The molecule has 1 heterocycles. The molecule has 2 nitrogen and oxygen atoms in total. The van der Waals surface area contributed by atoms with Crippen molar-refractivity contribution in [2.45, 2.75) is 18.9 Å². The molecular formula is C17H18N2S. The second-order valence-corrected chi connectivity index (χ2v) is 6.46. The van der Waals surface area contributed by atoms with Crippen LogP contribution in [-0.4, -0.2) is 16.5 Å². The summed E-state index contributed by atoms with van der Waals surface area (Å²) in [5.74, 6) is 1.04. The van der Waals surface area contributed by atoms with E-state index < -0.39 is 0 Å². The van der Waals surface area contributed by atoms with Crippen LogP contribution in [0.15, 0.2) is 53.5 Å². The molecule has 2 aromatic rings. The van der Waals surface area contributed by atoms with E-state index in [9.17, 15) is 0 Å². The number of nitrogens with zero attached hydrogens (tertiary/aromatic N) is 1. The van der Waals surface area contributed by atoms with E-state index in [4.69, 9.17) is 5.73 Å². The van der Waals surface area contributed by atoms with E-state index in [0.717, 1.165) is 12.2 Å². The molecule has 1 aliphatic heterocycles. The number of aliphatic imine (C=N–C) groups is 1. The minimum absolute atomic E-state index is 0.166. The summed E-state index contributed by atoms with van der Waals surface area (Å²) in [6, 6.07) is 14.9. The molecule has 1 unspecified atom stereocenters. The van der Waals surface area contributed by atoms with E-state index >= 15 is 0 Å². The van der Waals surface area contributed by atoms with E-state index in [1.165, 1.54) is 16.3 Å². The molecule has 2 N–H and O–H groups in total. The average Bonchev–Trinajstić information content (AvgIpc) is 2.45. The largest absolute Gasteiger partial charge is 0.379 e. The Balaban J connectivity index is 1.89. The third-order valence-corrected chi connectivity index (χ3v) is 4.43. The van der Waals surface area contributed by atoms with Crippen LogP contribution in [0.5, 0.6) is 0 Å². The fourth-order valence-corrected chi connectivity index (χ4v) is 3.41. The van der Waals surface area contributed by atoms with E-state index in [1.807, 2.05) is 0 Å². The molecule has 1 aliphatic rings. The first kappa shape index (κ1) is 13.3. The second kappa shape index (κ2) is 5.33. The Morgan fingerprint density at radius 3 is 2.80 bits per heavy atom. The molecule has 1 atom stereocenters. The number of hydrogen-bond donors (Lipinski definition) is 1. The monoisotopic (exact) mass is 282 g/mol. The van der Waals surface area contributed by atoms with Gasteiger partial charge < -0.3 is 5.73 Å². The van der Waals surface area contributed by atoms with Crippen LogP contribution in [-0.2, 0) is 0 Å². The molecule has 0 aliphatic carbocycles. The van der Waals surface area contributed by atoms with E-state index in [2.05, 4.69) is 66.5 Å². The molecule has 3 rings (SSSR count). The third-order valence-electron chi connectivity index (χ3n) is 3.63. The van der Waals surface area contributed by atoms with Gasteiger partial charge in [-0.15, -0.1) is 0 Å². The van der Waals surface area contributed by atoms with Gasteiger partial charge in [-0.1, -0.05) is 60.3 Å². The molecule has 0 spiro atoms. The van der Waals surface area contributed by atoms with Crippen molar-refractivity contribution in [2.75, 3.05) is 5.75 Å². The van der Waals surface area contributed by atoms with Crippen LogP contribution in [0.25, 0.3) is 16.8 Å². The third kappa shape index (κ3) is 2.88. The zero-order valence-electron chi connectivity index (χ0n) is 11.5. The Morgan fingerprint density at radius 1 is 1.20 bits per heavy atom. The fourth-order valence-electron chi connectivity index (χ4n) is 2.41. The standard InChI is InChI=1S/C17H18N2S/c1-17(10-11-20-16(18)19-17)9-8-13-6-7-14-4-2-3-5-15(14)12-13/h2-9,12H,10-11H2,1H3,(H2,18,19)/b9-8+. The normalized spacial score (nSPS) is 23.1. The Labute approximate surface area is 123 Å². The topological polar surface area (TPSA) is 38.4 Å². The van der Waals surface area contributed by atoms with Gasteiger partial charge in [-0.05, 0) is 35.7 Å². The molecule has 3 heteroatoms. The highest BCUT2D eigenvalue weighted by Crippen LogP contribution is 2.27. The molecule has 0 bridgehead atoms. The maximum atomic E-state index is 5.83. The first-order valence-corrected chi connectivity index (χ1v) is 7.79. The van der Waals surface area contributed by atoms with Crippen LogP contribution in [0.2, 0.25) is 0 Å². The van der Waals surface area contributed by atoms with Gasteiger partial charge in [0.2, 0.25) is 0 Å². The Bertz CT molecular complexity index is 690.